The van der Waals surface area contributed by atoms with Crippen molar-refractivity contribution in [3.05, 3.63) is 11.9 Å². The van der Waals surface area contributed by atoms with Crippen LogP contribution in [0.3, 0.4) is 0 Å². The number of hydrogen-bond donors (Lipinski definition) is 0. The van der Waals surface area contributed by atoms with E-state index in [0.717, 1.165) is 18.7 Å². The van der Waals surface area contributed by atoms with Gasteiger partial charge in [-0.1, -0.05) is 44.2 Å². The van der Waals surface area contributed by atoms with E-state index in [2.05, 4.69) is 30.4 Å². The zero-order valence-electron chi connectivity index (χ0n) is 10.1. The van der Waals surface area contributed by atoms with Crippen LogP contribution in [0, 0.1) is 0 Å². The summed E-state index contributed by atoms with van der Waals surface area (Å²) in [6, 6.07) is 0. The van der Waals surface area contributed by atoms with E-state index in [1.54, 1.807) is 0 Å². The third-order valence-corrected chi connectivity index (χ3v) is 2.70. The minimum absolute atomic E-state index is 0.920. The van der Waals surface area contributed by atoms with Gasteiger partial charge in [0.25, 0.3) is 0 Å². The molecule has 0 bridgehead atoms. The van der Waals surface area contributed by atoms with Gasteiger partial charge < -0.3 is 0 Å². The lowest BCUT2D eigenvalue weighted by Gasteiger charge is -1.98. The highest BCUT2D eigenvalue weighted by molar-refractivity contribution is 4.91. The van der Waals surface area contributed by atoms with Crippen molar-refractivity contribution in [1.82, 2.24) is 15.0 Å². The van der Waals surface area contributed by atoms with Gasteiger partial charge in [0, 0.05) is 12.7 Å². The topological polar surface area (TPSA) is 30.7 Å². The van der Waals surface area contributed by atoms with Crippen LogP contribution < -0.4 is 0 Å². The first-order valence-electron chi connectivity index (χ1n) is 6.25. The highest BCUT2D eigenvalue weighted by Gasteiger charge is 1.98. The summed E-state index contributed by atoms with van der Waals surface area (Å²) in [6.07, 6.45) is 11.2. The highest BCUT2D eigenvalue weighted by atomic mass is 15.4. The van der Waals surface area contributed by atoms with Gasteiger partial charge in [0.15, 0.2) is 0 Å². The summed E-state index contributed by atoms with van der Waals surface area (Å²) < 4.78 is 1.90. The number of aromatic nitrogens is 3. The lowest BCUT2D eigenvalue weighted by Crippen LogP contribution is -1.93. The molecule has 15 heavy (non-hydrogen) atoms. The molecule has 0 saturated heterocycles. The van der Waals surface area contributed by atoms with Crippen LogP contribution in [0.5, 0.6) is 0 Å². The third kappa shape index (κ3) is 4.96. The maximum absolute atomic E-state index is 4.13. The molecule has 3 heteroatoms. The Balaban J connectivity index is 2.04. The first-order valence-corrected chi connectivity index (χ1v) is 6.25. The molecular weight excluding hydrogens is 186 g/mol. The van der Waals surface area contributed by atoms with E-state index in [4.69, 9.17) is 0 Å². The lowest BCUT2D eigenvalue weighted by molar-refractivity contribution is 0.604. The molecular formula is C12H23N3. The van der Waals surface area contributed by atoms with Gasteiger partial charge in [0.2, 0.25) is 0 Å². The van der Waals surface area contributed by atoms with Gasteiger partial charge in [-0.2, -0.15) is 0 Å². The molecule has 0 unspecified atom stereocenters. The second-order valence-electron chi connectivity index (χ2n) is 4.08. The summed E-state index contributed by atoms with van der Waals surface area (Å²) in [5.41, 5.74) is 1.15. The Morgan fingerprint density at radius 2 is 1.80 bits per heavy atom. The summed E-state index contributed by atoms with van der Waals surface area (Å²) in [4.78, 5) is 0. The maximum Gasteiger partial charge on any atom is 0.0827 e. The summed E-state index contributed by atoms with van der Waals surface area (Å²) in [6.45, 7) is 5.26. The Kier molecular flexibility index (Phi) is 6.05. The maximum atomic E-state index is 4.13. The lowest BCUT2D eigenvalue weighted by atomic mass is 10.1. The van der Waals surface area contributed by atoms with Crippen molar-refractivity contribution in [3.63, 3.8) is 0 Å². The largest absolute Gasteiger partial charge is 0.253 e. The number of hydrogen-bond acceptors (Lipinski definition) is 2. The summed E-state index contributed by atoms with van der Waals surface area (Å²) >= 11 is 0. The molecule has 0 radical (unpaired) electrons. The fraction of sp³-hybridized carbons (Fsp3) is 0.833. The normalized spacial score (nSPS) is 10.8. The zero-order chi connectivity index (χ0) is 10.9. The summed E-state index contributed by atoms with van der Waals surface area (Å²) in [7, 11) is 0. The van der Waals surface area contributed by atoms with Crippen molar-refractivity contribution in [3.8, 4) is 0 Å². The summed E-state index contributed by atoms with van der Waals surface area (Å²) in [5, 5.41) is 8.16. The van der Waals surface area contributed by atoms with Crippen LogP contribution in [0.2, 0.25) is 0 Å². The van der Waals surface area contributed by atoms with Gasteiger partial charge in [-0.3, -0.25) is 4.68 Å². The monoisotopic (exact) mass is 209 g/mol. The Hall–Kier alpha value is -0.860. The average molecular weight is 209 g/mol. The third-order valence-electron chi connectivity index (χ3n) is 2.70. The molecule has 1 aromatic rings. The summed E-state index contributed by atoms with van der Waals surface area (Å²) in [5.74, 6) is 0. The molecule has 86 valence electrons. The van der Waals surface area contributed by atoms with Crippen LogP contribution in [-0.4, -0.2) is 15.0 Å². The van der Waals surface area contributed by atoms with Crippen molar-refractivity contribution >= 4 is 0 Å². The molecule has 0 N–H and O–H groups in total. The van der Waals surface area contributed by atoms with Gasteiger partial charge >= 0.3 is 0 Å². The van der Waals surface area contributed by atoms with E-state index in [0.29, 0.717) is 0 Å². The fourth-order valence-electron chi connectivity index (χ4n) is 1.69. The van der Waals surface area contributed by atoms with Crippen molar-refractivity contribution in [1.29, 1.82) is 0 Å². The second-order valence-corrected chi connectivity index (χ2v) is 4.08. The molecule has 1 aromatic heterocycles. The van der Waals surface area contributed by atoms with E-state index in [9.17, 15) is 0 Å². The predicted molar refractivity (Wildman–Crippen MR) is 62.8 cm³/mol. The molecule has 0 aromatic carbocycles. The minimum Gasteiger partial charge on any atom is -0.253 e. The molecule has 0 amide bonds. The number of nitrogens with zero attached hydrogens (tertiary/aromatic N) is 3. The van der Waals surface area contributed by atoms with E-state index in [1.165, 1.54) is 38.5 Å². The molecule has 0 aliphatic carbocycles. The van der Waals surface area contributed by atoms with Crippen LogP contribution in [0.15, 0.2) is 6.20 Å². The Morgan fingerprint density at radius 1 is 1.07 bits per heavy atom. The molecule has 0 fully saturated rings. The van der Waals surface area contributed by atoms with Gasteiger partial charge in [-0.25, -0.2) is 0 Å². The van der Waals surface area contributed by atoms with Crippen LogP contribution in [0.25, 0.3) is 0 Å². The van der Waals surface area contributed by atoms with Crippen molar-refractivity contribution in [2.75, 3.05) is 0 Å². The molecule has 0 spiro atoms. The number of aryl methyl sites for hydroxylation is 2. The number of rotatable bonds is 8. The van der Waals surface area contributed by atoms with E-state index >= 15 is 0 Å². The average Bonchev–Trinajstić information content (AvgIpc) is 2.71. The van der Waals surface area contributed by atoms with Crippen LogP contribution >= 0.6 is 0 Å². The van der Waals surface area contributed by atoms with Crippen LogP contribution in [-0.2, 0) is 13.0 Å². The molecule has 3 nitrogen and oxygen atoms in total. The molecule has 0 atom stereocenters. The zero-order valence-corrected chi connectivity index (χ0v) is 10.1. The number of unbranched alkanes of at least 4 members (excludes halogenated alkanes) is 5. The first kappa shape index (κ1) is 12.2. The second kappa shape index (κ2) is 7.43. The van der Waals surface area contributed by atoms with Crippen LogP contribution in [0.4, 0.5) is 0 Å². The fourth-order valence-corrected chi connectivity index (χ4v) is 1.69. The van der Waals surface area contributed by atoms with Gasteiger partial charge in [0.05, 0.1) is 5.69 Å². The van der Waals surface area contributed by atoms with Crippen molar-refractivity contribution < 1.29 is 0 Å². The Labute approximate surface area is 92.9 Å². The standard InChI is InChI=1S/C12H23N3/c1-3-5-6-7-8-9-10-12-11-15(4-2)14-13-12/h11H,3-10H2,1-2H3. The SMILES string of the molecule is CCCCCCCCc1cn(CC)nn1. The molecule has 0 saturated carbocycles. The first-order chi connectivity index (χ1) is 7.36. The Bertz CT molecular complexity index is 255. The van der Waals surface area contributed by atoms with Crippen LogP contribution in [0.1, 0.15) is 58.1 Å². The van der Waals surface area contributed by atoms with E-state index in [-0.39, 0.29) is 0 Å². The van der Waals surface area contributed by atoms with E-state index in [1.807, 2.05) is 4.68 Å². The highest BCUT2D eigenvalue weighted by Crippen LogP contribution is 2.07. The van der Waals surface area contributed by atoms with Gasteiger partial charge in [-0.05, 0) is 19.8 Å². The van der Waals surface area contributed by atoms with Crippen molar-refractivity contribution in [2.24, 2.45) is 0 Å². The minimum atomic E-state index is 0.920. The van der Waals surface area contributed by atoms with Crippen molar-refractivity contribution in [2.45, 2.75) is 65.3 Å². The van der Waals surface area contributed by atoms with Gasteiger partial charge in [-0.15, -0.1) is 5.10 Å². The molecule has 1 rings (SSSR count). The van der Waals surface area contributed by atoms with Gasteiger partial charge in [0.1, 0.15) is 0 Å². The smallest absolute Gasteiger partial charge is 0.0827 e. The molecule has 0 aliphatic heterocycles. The molecule has 0 aliphatic rings. The van der Waals surface area contributed by atoms with E-state index < -0.39 is 0 Å². The molecule has 1 heterocycles. The quantitative estimate of drug-likeness (QED) is 0.615. The Morgan fingerprint density at radius 3 is 2.47 bits per heavy atom. The predicted octanol–water partition coefficient (Wildman–Crippen LogP) is 3.20.